The van der Waals surface area contributed by atoms with Crippen LogP contribution in [0, 0.1) is 0 Å². The van der Waals surface area contributed by atoms with Gasteiger partial charge < -0.3 is 4.74 Å². The number of hydroxylamine groups is 1. The lowest BCUT2D eigenvalue weighted by atomic mass is 9.99. The van der Waals surface area contributed by atoms with Gasteiger partial charge in [-0.1, -0.05) is 36.4 Å². The van der Waals surface area contributed by atoms with Gasteiger partial charge >= 0.3 is 0 Å². The number of ether oxygens (including phenoxy) is 1. The minimum Gasteiger partial charge on any atom is -0.497 e. The summed E-state index contributed by atoms with van der Waals surface area (Å²) in [7, 11) is 1.59. The van der Waals surface area contributed by atoms with Gasteiger partial charge in [0.05, 0.1) is 7.11 Å². The van der Waals surface area contributed by atoms with Crippen molar-refractivity contribution in [2.24, 2.45) is 0 Å². The van der Waals surface area contributed by atoms with Crippen LogP contribution in [0.2, 0.25) is 0 Å². The summed E-state index contributed by atoms with van der Waals surface area (Å²) in [6.45, 7) is 0. The molecule has 20 heavy (non-hydrogen) atoms. The van der Waals surface area contributed by atoms with E-state index in [0.29, 0.717) is 5.75 Å². The summed E-state index contributed by atoms with van der Waals surface area (Å²) in [6, 6.07) is 15.5. The number of nitrogens with one attached hydrogen (secondary N) is 1. The highest BCUT2D eigenvalue weighted by Crippen LogP contribution is 2.28. The van der Waals surface area contributed by atoms with Crippen LogP contribution >= 0.6 is 0 Å². The van der Waals surface area contributed by atoms with Crippen molar-refractivity contribution in [3.63, 3.8) is 0 Å². The van der Waals surface area contributed by atoms with Crippen LogP contribution in [0.1, 0.15) is 5.56 Å². The van der Waals surface area contributed by atoms with Crippen molar-refractivity contribution in [2.45, 2.75) is 0 Å². The van der Waals surface area contributed by atoms with Gasteiger partial charge in [0.15, 0.2) is 0 Å². The van der Waals surface area contributed by atoms with Crippen LogP contribution in [0.15, 0.2) is 54.6 Å². The molecule has 0 aliphatic rings. The molecular formula is C16H15NO3. The third-order valence-electron chi connectivity index (χ3n) is 2.87. The molecule has 0 radical (unpaired) electrons. The Kier molecular flexibility index (Phi) is 4.52. The summed E-state index contributed by atoms with van der Waals surface area (Å²) in [6.07, 6.45) is 2.90. The summed E-state index contributed by atoms with van der Waals surface area (Å²) in [4.78, 5) is 11.1. The van der Waals surface area contributed by atoms with E-state index >= 15 is 0 Å². The number of benzene rings is 2. The number of carbonyl (C=O) groups excluding carboxylic acids is 1. The molecule has 0 heterocycles. The molecule has 4 heteroatoms. The topological polar surface area (TPSA) is 58.6 Å². The van der Waals surface area contributed by atoms with E-state index < -0.39 is 5.91 Å². The first-order chi connectivity index (χ1) is 9.74. The van der Waals surface area contributed by atoms with Crippen molar-refractivity contribution < 1.29 is 14.7 Å². The molecule has 0 spiro atoms. The predicted octanol–water partition coefficient (Wildman–Crippen LogP) is 2.88. The van der Waals surface area contributed by atoms with Crippen LogP contribution < -0.4 is 10.2 Å². The van der Waals surface area contributed by atoms with Crippen LogP contribution in [-0.2, 0) is 4.79 Å². The summed E-state index contributed by atoms with van der Waals surface area (Å²) in [5.41, 5.74) is 4.42. The molecule has 0 aromatic heterocycles. The lowest BCUT2D eigenvalue weighted by molar-refractivity contribution is -0.124. The van der Waals surface area contributed by atoms with Gasteiger partial charge in [-0.05, 0) is 34.9 Å². The maximum atomic E-state index is 11.1. The molecule has 0 aliphatic heterocycles. The van der Waals surface area contributed by atoms with E-state index in [1.807, 2.05) is 48.5 Å². The first-order valence-corrected chi connectivity index (χ1v) is 6.10. The number of methoxy groups -OCH3 is 1. The third-order valence-corrected chi connectivity index (χ3v) is 2.87. The fourth-order valence-corrected chi connectivity index (χ4v) is 1.89. The normalized spacial score (nSPS) is 10.5. The number of hydrogen-bond acceptors (Lipinski definition) is 3. The zero-order valence-electron chi connectivity index (χ0n) is 11.0. The molecule has 0 fully saturated rings. The summed E-state index contributed by atoms with van der Waals surface area (Å²) in [5, 5.41) is 8.52. The molecule has 2 N–H and O–H groups in total. The largest absolute Gasteiger partial charge is 0.497 e. The monoisotopic (exact) mass is 269 g/mol. The Labute approximate surface area is 117 Å². The number of amides is 1. The van der Waals surface area contributed by atoms with Crippen molar-refractivity contribution in [2.75, 3.05) is 7.11 Å². The Balaban J connectivity index is 2.46. The molecule has 0 bridgehead atoms. The van der Waals surface area contributed by atoms with Crippen LogP contribution in [0.5, 0.6) is 5.75 Å². The fourth-order valence-electron chi connectivity index (χ4n) is 1.89. The van der Waals surface area contributed by atoms with Crippen LogP contribution in [0.25, 0.3) is 17.2 Å². The van der Waals surface area contributed by atoms with Crippen molar-refractivity contribution in [1.29, 1.82) is 0 Å². The average molecular weight is 269 g/mol. The second kappa shape index (κ2) is 6.54. The number of rotatable bonds is 4. The second-order valence-electron chi connectivity index (χ2n) is 4.13. The van der Waals surface area contributed by atoms with Gasteiger partial charge in [0, 0.05) is 6.08 Å². The zero-order valence-corrected chi connectivity index (χ0v) is 11.0. The van der Waals surface area contributed by atoms with Crippen LogP contribution in [0.4, 0.5) is 0 Å². The van der Waals surface area contributed by atoms with Crippen molar-refractivity contribution in [3.05, 3.63) is 60.2 Å². The molecule has 0 saturated heterocycles. The predicted molar refractivity (Wildman–Crippen MR) is 77.4 cm³/mol. The standard InChI is InChI=1S/C16H15NO3/c1-20-14-8-9-15(12-5-3-2-4-6-12)13(11-14)7-10-16(18)17-19/h2-11,19H,1H3,(H,17,18)/b10-7+. The molecule has 1 amide bonds. The minimum absolute atomic E-state index is 0.577. The van der Waals surface area contributed by atoms with Crippen LogP contribution in [-0.4, -0.2) is 18.2 Å². The summed E-state index contributed by atoms with van der Waals surface area (Å²) < 4.78 is 5.20. The van der Waals surface area contributed by atoms with Gasteiger partial charge in [-0.25, -0.2) is 5.48 Å². The highest BCUT2D eigenvalue weighted by Gasteiger charge is 2.05. The lowest BCUT2D eigenvalue weighted by Gasteiger charge is -2.09. The van der Waals surface area contributed by atoms with Crippen molar-refractivity contribution >= 4 is 12.0 Å². The van der Waals surface area contributed by atoms with Crippen molar-refractivity contribution in [3.8, 4) is 16.9 Å². The van der Waals surface area contributed by atoms with Crippen LogP contribution in [0.3, 0.4) is 0 Å². The summed E-state index contributed by atoms with van der Waals surface area (Å²) >= 11 is 0. The maximum Gasteiger partial charge on any atom is 0.267 e. The molecule has 2 aromatic rings. The molecule has 0 unspecified atom stereocenters. The van der Waals surface area contributed by atoms with E-state index in [0.717, 1.165) is 16.7 Å². The fraction of sp³-hybridized carbons (Fsp3) is 0.0625. The molecule has 4 nitrogen and oxygen atoms in total. The highest BCUT2D eigenvalue weighted by atomic mass is 16.5. The van der Waals surface area contributed by atoms with Gasteiger partial charge in [-0.15, -0.1) is 0 Å². The maximum absolute atomic E-state index is 11.1. The van der Waals surface area contributed by atoms with E-state index in [4.69, 9.17) is 9.94 Å². The van der Waals surface area contributed by atoms with Gasteiger partial charge in [0.25, 0.3) is 5.91 Å². The van der Waals surface area contributed by atoms with Gasteiger partial charge in [0.1, 0.15) is 5.75 Å². The van der Waals surface area contributed by atoms with Gasteiger partial charge in [-0.2, -0.15) is 0 Å². The molecule has 102 valence electrons. The van der Waals surface area contributed by atoms with E-state index in [2.05, 4.69) is 0 Å². The van der Waals surface area contributed by atoms with Gasteiger partial charge in [0.2, 0.25) is 0 Å². The second-order valence-corrected chi connectivity index (χ2v) is 4.13. The third kappa shape index (κ3) is 3.24. The molecule has 0 saturated carbocycles. The smallest absolute Gasteiger partial charge is 0.267 e. The molecular weight excluding hydrogens is 254 g/mol. The molecule has 0 atom stereocenters. The number of carbonyl (C=O) groups is 1. The highest BCUT2D eigenvalue weighted by molar-refractivity contribution is 5.92. The van der Waals surface area contributed by atoms with Crippen molar-refractivity contribution in [1.82, 2.24) is 5.48 Å². The first kappa shape index (κ1) is 13.8. The first-order valence-electron chi connectivity index (χ1n) is 6.10. The Morgan fingerprint density at radius 3 is 2.60 bits per heavy atom. The minimum atomic E-state index is -0.577. The Morgan fingerprint density at radius 2 is 1.95 bits per heavy atom. The lowest BCUT2D eigenvalue weighted by Crippen LogP contribution is -2.14. The summed E-state index contributed by atoms with van der Waals surface area (Å²) in [5.74, 6) is 0.126. The van der Waals surface area contributed by atoms with E-state index in [1.165, 1.54) is 6.08 Å². The zero-order chi connectivity index (χ0) is 14.4. The van der Waals surface area contributed by atoms with E-state index in [-0.39, 0.29) is 0 Å². The van der Waals surface area contributed by atoms with E-state index in [1.54, 1.807) is 18.7 Å². The average Bonchev–Trinajstić information content (AvgIpc) is 2.53. The number of hydrogen-bond donors (Lipinski definition) is 2. The Hall–Kier alpha value is -2.59. The quantitative estimate of drug-likeness (QED) is 0.510. The van der Waals surface area contributed by atoms with E-state index in [9.17, 15) is 4.79 Å². The van der Waals surface area contributed by atoms with Gasteiger partial charge in [-0.3, -0.25) is 10.0 Å². The molecule has 0 aliphatic carbocycles. The SMILES string of the molecule is COc1ccc(-c2ccccc2)c(/C=C/C(=O)NO)c1. The Morgan fingerprint density at radius 1 is 1.20 bits per heavy atom. The molecule has 2 rings (SSSR count). The molecule has 2 aromatic carbocycles. The Bertz CT molecular complexity index is 621.